The van der Waals surface area contributed by atoms with Gasteiger partial charge in [0.25, 0.3) is 0 Å². The standard InChI is InChI=1S/C16H28O.C12H20O/c1-2-3-4-5-6-7-8-9-10-11-12-13-14-15-16-17;1-2-3-4-5-6-7-8-9-10-11-12-13/h3-6,16H,2,7-15H2,1H3;2-5,12H,6-11H2,1H3/b4-3+,6-5-;3-2+,5-4-. The summed E-state index contributed by atoms with van der Waals surface area (Å²) in [6.07, 6.45) is 37.7. The van der Waals surface area contributed by atoms with Gasteiger partial charge in [0.15, 0.2) is 0 Å². The highest BCUT2D eigenvalue weighted by molar-refractivity contribution is 5.49. The van der Waals surface area contributed by atoms with Gasteiger partial charge in [0.1, 0.15) is 12.6 Å². The fourth-order valence-corrected chi connectivity index (χ4v) is 2.89. The van der Waals surface area contributed by atoms with Crippen LogP contribution in [0.5, 0.6) is 0 Å². The first-order chi connectivity index (χ1) is 14.8. The molecule has 0 fully saturated rings. The molecule has 0 aromatic heterocycles. The van der Waals surface area contributed by atoms with Crippen LogP contribution in [0.1, 0.15) is 117 Å². The minimum absolute atomic E-state index is 0.731. The molecule has 0 aliphatic carbocycles. The van der Waals surface area contributed by atoms with Crippen molar-refractivity contribution < 1.29 is 9.59 Å². The maximum atomic E-state index is 10.1. The number of carbonyl (C=O) groups is 2. The van der Waals surface area contributed by atoms with Gasteiger partial charge < -0.3 is 9.59 Å². The molecular weight excluding hydrogens is 368 g/mol. The van der Waals surface area contributed by atoms with Crippen molar-refractivity contribution in [3.05, 3.63) is 48.6 Å². The van der Waals surface area contributed by atoms with Crippen molar-refractivity contribution in [2.24, 2.45) is 0 Å². The fraction of sp³-hybridized carbons (Fsp3) is 0.643. The number of rotatable bonds is 20. The van der Waals surface area contributed by atoms with Gasteiger partial charge in [-0.25, -0.2) is 0 Å². The fourth-order valence-electron chi connectivity index (χ4n) is 2.89. The maximum absolute atomic E-state index is 10.1. The molecule has 0 saturated heterocycles. The molecule has 0 aromatic rings. The van der Waals surface area contributed by atoms with E-state index >= 15 is 0 Å². The molecule has 0 amide bonds. The third-order valence-electron chi connectivity index (χ3n) is 4.69. The number of carbonyl (C=O) groups excluding carboxylic acids is 2. The zero-order valence-electron chi connectivity index (χ0n) is 19.9. The Bertz CT molecular complexity index is 444. The Hall–Kier alpha value is -1.70. The van der Waals surface area contributed by atoms with E-state index in [0.717, 1.165) is 51.1 Å². The quantitative estimate of drug-likeness (QED) is 0.113. The van der Waals surface area contributed by atoms with Crippen molar-refractivity contribution >= 4 is 12.6 Å². The summed E-state index contributed by atoms with van der Waals surface area (Å²) in [5.41, 5.74) is 0. The zero-order valence-corrected chi connectivity index (χ0v) is 19.9. The minimum atomic E-state index is 0.731. The van der Waals surface area contributed by atoms with E-state index in [1.54, 1.807) is 0 Å². The van der Waals surface area contributed by atoms with Gasteiger partial charge in [-0.1, -0.05) is 100 Å². The third-order valence-corrected chi connectivity index (χ3v) is 4.69. The Labute approximate surface area is 187 Å². The summed E-state index contributed by atoms with van der Waals surface area (Å²) in [5, 5.41) is 0. The molecule has 0 heterocycles. The normalized spacial score (nSPS) is 11.5. The minimum Gasteiger partial charge on any atom is -0.303 e. The molecule has 2 heteroatoms. The maximum Gasteiger partial charge on any atom is 0.119 e. The summed E-state index contributed by atoms with van der Waals surface area (Å²) in [5.74, 6) is 0. The van der Waals surface area contributed by atoms with Crippen molar-refractivity contribution in [3.63, 3.8) is 0 Å². The lowest BCUT2D eigenvalue weighted by molar-refractivity contribution is -0.108. The van der Waals surface area contributed by atoms with Crippen LogP contribution in [0.2, 0.25) is 0 Å². The summed E-state index contributed by atoms with van der Waals surface area (Å²) in [6.45, 7) is 4.17. The van der Waals surface area contributed by atoms with E-state index in [-0.39, 0.29) is 0 Å². The number of hydrogen-bond acceptors (Lipinski definition) is 2. The van der Waals surface area contributed by atoms with Crippen LogP contribution in [0.4, 0.5) is 0 Å². The summed E-state index contributed by atoms with van der Waals surface area (Å²) < 4.78 is 0. The van der Waals surface area contributed by atoms with Gasteiger partial charge in [-0.3, -0.25) is 0 Å². The van der Waals surface area contributed by atoms with Crippen LogP contribution in [0, 0.1) is 0 Å². The second-order valence-electron chi connectivity index (χ2n) is 7.60. The number of hydrogen-bond donors (Lipinski definition) is 0. The smallest absolute Gasteiger partial charge is 0.119 e. The first-order valence-electron chi connectivity index (χ1n) is 12.3. The third kappa shape index (κ3) is 33.9. The molecule has 30 heavy (non-hydrogen) atoms. The Balaban J connectivity index is 0. The average Bonchev–Trinajstić information content (AvgIpc) is 2.76. The lowest BCUT2D eigenvalue weighted by Crippen LogP contribution is -1.81. The number of unbranched alkanes of at least 4 members (excludes halogenated alkanes) is 13. The van der Waals surface area contributed by atoms with Gasteiger partial charge in [-0.15, -0.1) is 0 Å². The van der Waals surface area contributed by atoms with Crippen molar-refractivity contribution in [3.8, 4) is 0 Å². The van der Waals surface area contributed by atoms with Gasteiger partial charge in [-0.05, 0) is 51.9 Å². The van der Waals surface area contributed by atoms with Crippen LogP contribution in [0.15, 0.2) is 48.6 Å². The molecule has 0 bridgehead atoms. The van der Waals surface area contributed by atoms with E-state index in [0.29, 0.717) is 0 Å². The molecular formula is C28H48O2. The largest absolute Gasteiger partial charge is 0.303 e. The first kappa shape index (κ1) is 30.5. The van der Waals surface area contributed by atoms with E-state index in [4.69, 9.17) is 0 Å². The van der Waals surface area contributed by atoms with Crippen LogP contribution in [-0.4, -0.2) is 12.6 Å². The summed E-state index contributed by atoms with van der Waals surface area (Å²) in [6, 6.07) is 0. The van der Waals surface area contributed by atoms with Crippen LogP contribution in [-0.2, 0) is 9.59 Å². The molecule has 0 radical (unpaired) electrons. The Morgan fingerprint density at radius 2 is 0.833 bits per heavy atom. The van der Waals surface area contributed by atoms with E-state index in [1.807, 2.05) is 19.1 Å². The van der Waals surface area contributed by atoms with Gasteiger partial charge in [-0.2, -0.15) is 0 Å². The SMILES string of the molecule is C/C=C/C=C\CCCCCCC=O.CC/C=C/C=C\CCCCCCCCCC=O. The predicted octanol–water partition coefficient (Wildman–Crippen LogP) is 8.88. The Kier molecular flexibility index (Phi) is 32.5. The van der Waals surface area contributed by atoms with Crippen molar-refractivity contribution in [1.82, 2.24) is 0 Å². The average molecular weight is 417 g/mol. The molecule has 0 aliphatic rings. The number of allylic oxidation sites excluding steroid dienone is 8. The molecule has 0 spiro atoms. The molecule has 172 valence electrons. The lowest BCUT2D eigenvalue weighted by Gasteiger charge is -1.99. The van der Waals surface area contributed by atoms with E-state index in [1.165, 1.54) is 64.2 Å². The molecule has 0 aromatic carbocycles. The van der Waals surface area contributed by atoms with E-state index < -0.39 is 0 Å². The summed E-state index contributed by atoms with van der Waals surface area (Å²) >= 11 is 0. The molecule has 0 rings (SSSR count). The van der Waals surface area contributed by atoms with Crippen LogP contribution in [0.25, 0.3) is 0 Å². The van der Waals surface area contributed by atoms with Crippen molar-refractivity contribution in [2.75, 3.05) is 0 Å². The van der Waals surface area contributed by atoms with Gasteiger partial charge in [0.2, 0.25) is 0 Å². The highest BCUT2D eigenvalue weighted by atomic mass is 16.1. The predicted molar refractivity (Wildman–Crippen MR) is 134 cm³/mol. The topological polar surface area (TPSA) is 34.1 Å². The molecule has 0 unspecified atom stereocenters. The molecule has 2 nitrogen and oxygen atoms in total. The zero-order chi connectivity index (χ0) is 22.4. The molecule has 0 saturated carbocycles. The van der Waals surface area contributed by atoms with E-state index in [9.17, 15) is 9.59 Å². The van der Waals surface area contributed by atoms with Crippen LogP contribution in [0.3, 0.4) is 0 Å². The second-order valence-corrected chi connectivity index (χ2v) is 7.60. The van der Waals surface area contributed by atoms with Crippen LogP contribution < -0.4 is 0 Å². The van der Waals surface area contributed by atoms with Gasteiger partial charge in [0, 0.05) is 12.8 Å². The van der Waals surface area contributed by atoms with E-state index in [2.05, 4.69) is 43.4 Å². The van der Waals surface area contributed by atoms with Gasteiger partial charge in [0.05, 0.1) is 0 Å². The second kappa shape index (κ2) is 32.0. The highest BCUT2D eigenvalue weighted by Crippen LogP contribution is 2.09. The Morgan fingerprint density at radius 3 is 1.23 bits per heavy atom. The molecule has 0 aliphatic heterocycles. The first-order valence-corrected chi connectivity index (χ1v) is 12.3. The molecule has 0 N–H and O–H groups in total. The van der Waals surface area contributed by atoms with Crippen LogP contribution >= 0.6 is 0 Å². The van der Waals surface area contributed by atoms with Crippen molar-refractivity contribution in [2.45, 2.75) is 117 Å². The molecule has 0 atom stereocenters. The van der Waals surface area contributed by atoms with Crippen molar-refractivity contribution in [1.29, 1.82) is 0 Å². The van der Waals surface area contributed by atoms with Gasteiger partial charge >= 0.3 is 0 Å². The highest BCUT2D eigenvalue weighted by Gasteiger charge is 1.91. The monoisotopic (exact) mass is 416 g/mol. The summed E-state index contributed by atoms with van der Waals surface area (Å²) in [7, 11) is 0. The Morgan fingerprint density at radius 1 is 0.467 bits per heavy atom. The number of aldehydes is 2. The lowest BCUT2D eigenvalue weighted by atomic mass is 10.1. The summed E-state index contributed by atoms with van der Waals surface area (Å²) in [4.78, 5) is 20.1.